The number of phenols is 1. The zero-order chi connectivity index (χ0) is 16.7. The van der Waals surface area contributed by atoms with Crippen molar-refractivity contribution >= 4 is 17.3 Å². The predicted molar refractivity (Wildman–Crippen MR) is 89.9 cm³/mol. The van der Waals surface area contributed by atoms with Gasteiger partial charge in [-0.2, -0.15) is 5.10 Å². The number of para-hydroxylation sites is 3. The molecule has 0 aliphatic rings. The summed E-state index contributed by atoms with van der Waals surface area (Å²) in [5, 5.41) is 16.7. The van der Waals surface area contributed by atoms with Crippen LogP contribution in [-0.4, -0.2) is 30.4 Å². The van der Waals surface area contributed by atoms with Gasteiger partial charge in [-0.1, -0.05) is 24.3 Å². The summed E-state index contributed by atoms with van der Waals surface area (Å²) in [7, 11) is 1.57. The van der Waals surface area contributed by atoms with Crippen LogP contribution < -0.4 is 15.5 Å². The number of carbonyl (C=O) groups excluding carboxylic acids is 1. The molecule has 3 N–H and O–H groups in total. The minimum Gasteiger partial charge on any atom is -0.507 e. The van der Waals surface area contributed by atoms with Crippen LogP contribution in [0, 0.1) is 0 Å². The van der Waals surface area contributed by atoms with E-state index in [1.807, 2.05) is 18.2 Å². The Morgan fingerprint density at radius 3 is 2.61 bits per heavy atom. The highest BCUT2D eigenvalue weighted by Crippen LogP contribution is 2.22. The molecule has 0 aliphatic carbocycles. The Hall–Kier alpha value is -3.02. The van der Waals surface area contributed by atoms with E-state index in [1.165, 1.54) is 0 Å². The normalized spacial score (nSPS) is 11.0. The maximum atomic E-state index is 11.9. The van der Waals surface area contributed by atoms with E-state index in [0.717, 1.165) is 5.69 Å². The van der Waals surface area contributed by atoms with Gasteiger partial charge >= 0.3 is 0 Å². The van der Waals surface area contributed by atoms with Gasteiger partial charge in [-0.15, -0.1) is 0 Å². The fourth-order valence-electron chi connectivity index (χ4n) is 1.99. The molecule has 120 valence electrons. The third-order valence-electron chi connectivity index (χ3n) is 3.19. The van der Waals surface area contributed by atoms with Crippen LogP contribution in [0.1, 0.15) is 12.5 Å². The third kappa shape index (κ3) is 4.47. The molecule has 6 heteroatoms. The fourth-order valence-corrected chi connectivity index (χ4v) is 1.99. The molecule has 0 aromatic heterocycles. The number of hydrogen-bond acceptors (Lipinski definition) is 5. The lowest BCUT2D eigenvalue weighted by molar-refractivity contribution is -0.119. The van der Waals surface area contributed by atoms with E-state index >= 15 is 0 Å². The molecule has 0 saturated heterocycles. The van der Waals surface area contributed by atoms with Crippen LogP contribution in [0.15, 0.2) is 53.6 Å². The molecular weight excluding hydrogens is 294 g/mol. The van der Waals surface area contributed by atoms with E-state index in [-0.39, 0.29) is 18.2 Å². The number of ether oxygens (including phenoxy) is 1. The molecule has 0 radical (unpaired) electrons. The van der Waals surface area contributed by atoms with Gasteiger partial charge in [0.1, 0.15) is 11.5 Å². The molecule has 0 fully saturated rings. The van der Waals surface area contributed by atoms with Crippen LogP contribution in [0.2, 0.25) is 0 Å². The molecule has 0 aliphatic heterocycles. The highest BCUT2D eigenvalue weighted by molar-refractivity contribution is 6.01. The molecule has 0 spiro atoms. The van der Waals surface area contributed by atoms with E-state index in [4.69, 9.17) is 4.74 Å². The molecule has 0 atom stereocenters. The molecule has 2 aromatic rings. The lowest BCUT2D eigenvalue weighted by Crippen LogP contribution is -2.26. The number of carbonyl (C=O) groups is 1. The summed E-state index contributed by atoms with van der Waals surface area (Å²) in [4.78, 5) is 11.9. The molecule has 0 unspecified atom stereocenters. The van der Waals surface area contributed by atoms with Crippen molar-refractivity contribution in [1.82, 2.24) is 5.43 Å². The molecule has 6 nitrogen and oxygen atoms in total. The maximum Gasteiger partial charge on any atom is 0.259 e. The Kier molecular flexibility index (Phi) is 5.57. The Morgan fingerprint density at radius 2 is 1.87 bits per heavy atom. The minimum absolute atomic E-state index is 0.0535. The lowest BCUT2D eigenvalue weighted by atomic mass is 10.1. The largest absolute Gasteiger partial charge is 0.507 e. The molecule has 0 saturated carbocycles. The van der Waals surface area contributed by atoms with Gasteiger partial charge < -0.3 is 15.2 Å². The molecule has 2 aromatic carbocycles. The Morgan fingerprint density at radius 1 is 1.17 bits per heavy atom. The number of hydrogen-bond donors (Lipinski definition) is 3. The molecule has 0 bridgehead atoms. The summed E-state index contributed by atoms with van der Waals surface area (Å²) in [6.07, 6.45) is 0. The summed E-state index contributed by atoms with van der Waals surface area (Å²) >= 11 is 0. The second-order valence-corrected chi connectivity index (χ2v) is 4.80. The molecule has 0 heterocycles. The van der Waals surface area contributed by atoms with Crippen molar-refractivity contribution in [1.29, 1.82) is 0 Å². The number of aromatic hydroxyl groups is 1. The van der Waals surface area contributed by atoms with E-state index in [2.05, 4.69) is 15.8 Å². The van der Waals surface area contributed by atoms with Gasteiger partial charge in [-0.3, -0.25) is 4.79 Å². The van der Waals surface area contributed by atoms with Gasteiger partial charge in [-0.25, -0.2) is 5.43 Å². The Labute approximate surface area is 134 Å². The van der Waals surface area contributed by atoms with Crippen LogP contribution in [0.5, 0.6) is 11.5 Å². The summed E-state index contributed by atoms with van der Waals surface area (Å²) in [6, 6.07) is 14.1. The summed E-state index contributed by atoms with van der Waals surface area (Å²) in [5.74, 6) is 0.481. The van der Waals surface area contributed by atoms with E-state index in [1.54, 1.807) is 44.4 Å². The first-order valence-electron chi connectivity index (χ1n) is 7.10. The standard InChI is InChI=1S/C17H19N3O3/c1-12(13-7-3-5-9-15(13)21)19-20-17(22)11-18-14-8-4-6-10-16(14)23-2/h3-10,18,21H,11H2,1-2H3,(H,20,22)/b19-12-. The van der Waals surface area contributed by atoms with Gasteiger partial charge in [-0.05, 0) is 31.2 Å². The van der Waals surface area contributed by atoms with E-state index in [9.17, 15) is 9.90 Å². The monoisotopic (exact) mass is 313 g/mol. The van der Waals surface area contributed by atoms with Crippen molar-refractivity contribution in [2.75, 3.05) is 19.0 Å². The quantitative estimate of drug-likeness (QED) is 0.565. The molecule has 23 heavy (non-hydrogen) atoms. The minimum atomic E-state index is -0.300. The average Bonchev–Trinajstić information content (AvgIpc) is 2.58. The number of anilines is 1. The lowest BCUT2D eigenvalue weighted by Gasteiger charge is -2.10. The predicted octanol–water partition coefficient (Wildman–Crippen LogP) is 2.35. The van der Waals surface area contributed by atoms with Crippen molar-refractivity contribution in [3.63, 3.8) is 0 Å². The van der Waals surface area contributed by atoms with Crippen molar-refractivity contribution in [2.45, 2.75) is 6.92 Å². The van der Waals surface area contributed by atoms with Crippen LogP contribution in [-0.2, 0) is 4.79 Å². The average molecular weight is 313 g/mol. The number of rotatable bonds is 6. The first-order valence-corrected chi connectivity index (χ1v) is 7.10. The van der Waals surface area contributed by atoms with Crippen molar-refractivity contribution in [2.24, 2.45) is 5.10 Å². The highest BCUT2D eigenvalue weighted by Gasteiger charge is 2.06. The third-order valence-corrected chi connectivity index (χ3v) is 3.19. The number of phenolic OH excluding ortho intramolecular Hbond substituents is 1. The number of nitrogens with zero attached hydrogens (tertiary/aromatic N) is 1. The summed E-state index contributed by atoms with van der Waals surface area (Å²) < 4.78 is 5.20. The number of amides is 1. The van der Waals surface area contributed by atoms with Crippen molar-refractivity contribution in [3.8, 4) is 11.5 Å². The van der Waals surface area contributed by atoms with Gasteiger partial charge in [0.2, 0.25) is 0 Å². The van der Waals surface area contributed by atoms with Gasteiger partial charge in [0, 0.05) is 5.56 Å². The molecule has 1 amide bonds. The second kappa shape index (κ2) is 7.84. The number of hydrazone groups is 1. The first kappa shape index (κ1) is 16.4. The first-order chi connectivity index (χ1) is 11.1. The zero-order valence-electron chi connectivity index (χ0n) is 13.0. The smallest absolute Gasteiger partial charge is 0.259 e. The van der Waals surface area contributed by atoms with Gasteiger partial charge in [0.25, 0.3) is 5.91 Å². The SMILES string of the molecule is COc1ccccc1NCC(=O)N/N=C(/C)c1ccccc1O. The number of nitrogens with one attached hydrogen (secondary N) is 2. The van der Waals surface area contributed by atoms with Crippen LogP contribution in [0.4, 0.5) is 5.69 Å². The fraction of sp³-hybridized carbons (Fsp3) is 0.176. The summed E-state index contributed by atoms with van der Waals surface area (Å²) in [5.41, 5.74) is 4.28. The number of benzene rings is 2. The zero-order valence-corrected chi connectivity index (χ0v) is 13.0. The van der Waals surface area contributed by atoms with Crippen LogP contribution in [0.3, 0.4) is 0 Å². The van der Waals surface area contributed by atoms with Crippen molar-refractivity contribution in [3.05, 3.63) is 54.1 Å². The van der Waals surface area contributed by atoms with E-state index < -0.39 is 0 Å². The van der Waals surface area contributed by atoms with Crippen LogP contribution in [0.25, 0.3) is 0 Å². The number of methoxy groups -OCH3 is 1. The molecule has 2 rings (SSSR count). The molecular formula is C17H19N3O3. The van der Waals surface area contributed by atoms with Crippen LogP contribution >= 0.6 is 0 Å². The van der Waals surface area contributed by atoms with Gasteiger partial charge in [0.15, 0.2) is 0 Å². The second-order valence-electron chi connectivity index (χ2n) is 4.80. The highest BCUT2D eigenvalue weighted by atomic mass is 16.5. The maximum absolute atomic E-state index is 11.9. The van der Waals surface area contributed by atoms with Gasteiger partial charge in [0.05, 0.1) is 25.1 Å². The van der Waals surface area contributed by atoms with E-state index in [0.29, 0.717) is 17.0 Å². The van der Waals surface area contributed by atoms with Crippen molar-refractivity contribution < 1.29 is 14.6 Å². The topological polar surface area (TPSA) is 83.0 Å². The Bertz CT molecular complexity index is 714. The Balaban J connectivity index is 1.92. The summed E-state index contributed by atoms with van der Waals surface area (Å²) in [6.45, 7) is 1.76.